The molecule has 0 bridgehead atoms. The highest BCUT2D eigenvalue weighted by Gasteiger charge is 2.14. The summed E-state index contributed by atoms with van der Waals surface area (Å²) in [5, 5.41) is 9.29. The molecular formula is C9H7ClN2O2. The van der Waals surface area contributed by atoms with Crippen LogP contribution in [0.2, 0.25) is 5.02 Å². The zero-order valence-electron chi connectivity index (χ0n) is 7.36. The Morgan fingerprint density at radius 3 is 2.86 bits per heavy atom. The van der Waals surface area contributed by atoms with Gasteiger partial charge in [0.2, 0.25) is 5.82 Å². The molecule has 0 fully saturated rings. The highest BCUT2D eigenvalue weighted by atomic mass is 35.5. The quantitative estimate of drug-likeness (QED) is 0.783. The number of hydrogen-bond acceptors (Lipinski definition) is 2. The summed E-state index contributed by atoms with van der Waals surface area (Å²) >= 11 is 5.88. The number of aromatic carboxylic acids is 1. The molecule has 1 heterocycles. The predicted molar refractivity (Wildman–Crippen MR) is 52.7 cm³/mol. The lowest BCUT2D eigenvalue weighted by Crippen LogP contribution is -2.05. The molecule has 0 aliphatic rings. The first-order valence-corrected chi connectivity index (χ1v) is 4.33. The highest BCUT2D eigenvalue weighted by Crippen LogP contribution is 2.22. The van der Waals surface area contributed by atoms with E-state index < -0.39 is 5.97 Å². The van der Waals surface area contributed by atoms with E-state index in [-0.39, 0.29) is 5.82 Å². The average Bonchev–Trinajstić information content (AvgIpc) is 2.46. The van der Waals surface area contributed by atoms with E-state index in [9.17, 15) is 4.79 Å². The van der Waals surface area contributed by atoms with Crippen LogP contribution in [0.1, 0.15) is 10.6 Å². The largest absolute Gasteiger partial charge is 0.475 e. The van der Waals surface area contributed by atoms with E-state index >= 15 is 0 Å². The van der Waals surface area contributed by atoms with E-state index in [4.69, 9.17) is 16.7 Å². The summed E-state index contributed by atoms with van der Waals surface area (Å²) in [6.45, 7) is 0. The molecule has 0 aliphatic carbocycles. The standard InChI is InChI=1S/C9H7ClN2O2/c1-12-6-4-2-3-5(10)7(6)11-8(12)9(13)14/h2-4H,1H3,(H,13,14). The third-order valence-electron chi connectivity index (χ3n) is 2.05. The van der Waals surface area contributed by atoms with Crippen molar-refractivity contribution < 1.29 is 9.90 Å². The summed E-state index contributed by atoms with van der Waals surface area (Å²) in [7, 11) is 1.65. The Bertz CT molecular complexity index is 519. The summed E-state index contributed by atoms with van der Waals surface area (Å²) in [5.41, 5.74) is 1.24. The minimum absolute atomic E-state index is 0.00639. The molecule has 0 atom stereocenters. The van der Waals surface area contributed by atoms with Crippen LogP contribution in [0.3, 0.4) is 0 Å². The minimum Gasteiger partial charge on any atom is -0.475 e. The lowest BCUT2D eigenvalue weighted by molar-refractivity contribution is 0.0680. The second kappa shape index (κ2) is 2.99. The molecule has 0 aliphatic heterocycles. The molecule has 0 amide bonds. The van der Waals surface area contributed by atoms with E-state index in [0.717, 1.165) is 5.52 Å². The predicted octanol–water partition coefficient (Wildman–Crippen LogP) is 1.92. The zero-order chi connectivity index (χ0) is 10.3. The number of imidazole rings is 1. The summed E-state index contributed by atoms with van der Waals surface area (Å²) in [6, 6.07) is 5.22. The first-order chi connectivity index (χ1) is 6.61. The van der Waals surface area contributed by atoms with Crippen LogP contribution < -0.4 is 0 Å². The van der Waals surface area contributed by atoms with Gasteiger partial charge >= 0.3 is 5.97 Å². The van der Waals surface area contributed by atoms with Gasteiger partial charge in [-0.1, -0.05) is 17.7 Å². The molecule has 1 aromatic heterocycles. The van der Waals surface area contributed by atoms with Crippen LogP contribution in [0.15, 0.2) is 18.2 Å². The van der Waals surface area contributed by atoms with Crippen LogP contribution in [0.5, 0.6) is 0 Å². The number of benzene rings is 1. The second-order valence-electron chi connectivity index (χ2n) is 2.91. The number of aromatic nitrogens is 2. The van der Waals surface area contributed by atoms with Gasteiger partial charge in [-0.3, -0.25) is 0 Å². The number of carboxylic acids is 1. The molecule has 5 heteroatoms. The Morgan fingerprint density at radius 1 is 1.57 bits per heavy atom. The third-order valence-corrected chi connectivity index (χ3v) is 2.36. The van der Waals surface area contributed by atoms with Crippen LogP contribution >= 0.6 is 11.6 Å². The van der Waals surface area contributed by atoms with Crippen molar-refractivity contribution in [3.63, 3.8) is 0 Å². The molecule has 0 radical (unpaired) electrons. The summed E-state index contributed by atoms with van der Waals surface area (Å²) < 4.78 is 1.50. The van der Waals surface area contributed by atoms with Crippen LogP contribution in [0.4, 0.5) is 0 Å². The first kappa shape index (κ1) is 9.02. The van der Waals surface area contributed by atoms with Gasteiger partial charge in [0.05, 0.1) is 10.5 Å². The van der Waals surface area contributed by atoms with Crippen molar-refractivity contribution in [2.24, 2.45) is 7.05 Å². The SMILES string of the molecule is Cn1c(C(=O)O)nc2c(Cl)cccc21. The topological polar surface area (TPSA) is 55.1 Å². The second-order valence-corrected chi connectivity index (χ2v) is 3.31. The van der Waals surface area contributed by atoms with Gasteiger partial charge in [0, 0.05) is 7.05 Å². The maximum atomic E-state index is 10.8. The first-order valence-electron chi connectivity index (χ1n) is 3.95. The van der Waals surface area contributed by atoms with Crippen LogP contribution in [-0.2, 0) is 7.05 Å². The molecule has 2 aromatic rings. The Kier molecular flexibility index (Phi) is 1.93. The van der Waals surface area contributed by atoms with Crippen molar-refractivity contribution >= 4 is 28.6 Å². The number of aryl methyl sites for hydroxylation is 1. The molecule has 0 unspecified atom stereocenters. The van der Waals surface area contributed by atoms with Crippen molar-refractivity contribution in [2.45, 2.75) is 0 Å². The summed E-state index contributed by atoms with van der Waals surface area (Å²) in [4.78, 5) is 14.7. The summed E-state index contributed by atoms with van der Waals surface area (Å²) in [5.74, 6) is -1.06. The Labute approximate surface area is 84.7 Å². The van der Waals surface area contributed by atoms with Crippen molar-refractivity contribution in [3.05, 3.63) is 29.0 Å². The molecule has 14 heavy (non-hydrogen) atoms. The Balaban J connectivity index is 2.86. The number of hydrogen-bond donors (Lipinski definition) is 1. The van der Waals surface area contributed by atoms with Gasteiger partial charge in [-0.05, 0) is 12.1 Å². The molecule has 4 nitrogen and oxygen atoms in total. The molecular weight excluding hydrogens is 204 g/mol. The van der Waals surface area contributed by atoms with Crippen molar-refractivity contribution in [1.29, 1.82) is 0 Å². The molecule has 1 aromatic carbocycles. The number of carbonyl (C=O) groups is 1. The van der Waals surface area contributed by atoms with Crippen LogP contribution in [0.25, 0.3) is 11.0 Å². The van der Waals surface area contributed by atoms with E-state index in [1.165, 1.54) is 4.57 Å². The number of halogens is 1. The Hall–Kier alpha value is -1.55. The van der Waals surface area contributed by atoms with Crippen LogP contribution in [0, 0.1) is 0 Å². The number of fused-ring (bicyclic) bond motifs is 1. The fourth-order valence-electron chi connectivity index (χ4n) is 1.37. The van der Waals surface area contributed by atoms with Crippen molar-refractivity contribution in [1.82, 2.24) is 9.55 Å². The van der Waals surface area contributed by atoms with E-state index in [1.54, 1.807) is 25.2 Å². The molecule has 0 saturated carbocycles. The third kappa shape index (κ3) is 1.15. The monoisotopic (exact) mass is 210 g/mol. The van der Waals surface area contributed by atoms with Gasteiger partial charge < -0.3 is 9.67 Å². The molecule has 0 saturated heterocycles. The van der Waals surface area contributed by atoms with E-state index in [2.05, 4.69) is 4.98 Å². The average molecular weight is 211 g/mol. The fraction of sp³-hybridized carbons (Fsp3) is 0.111. The lowest BCUT2D eigenvalue weighted by Gasteiger charge is -1.96. The fourth-order valence-corrected chi connectivity index (χ4v) is 1.58. The van der Waals surface area contributed by atoms with Gasteiger partial charge in [-0.2, -0.15) is 0 Å². The molecule has 72 valence electrons. The van der Waals surface area contributed by atoms with Gasteiger partial charge in [-0.15, -0.1) is 0 Å². The maximum absolute atomic E-state index is 10.8. The minimum atomic E-state index is -1.06. The lowest BCUT2D eigenvalue weighted by atomic mass is 10.3. The van der Waals surface area contributed by atoms with Gasteiger partial charge in [0.15, 0.2) is 0 Å². The summed E-state index contributed by atoms with van der Waals surface area (Å²) in [6.07, 6.45) is 0. The van der Waals surface area contributed by atoms with E-state index in [0.29, 0.717) is 10.5 Å². The van der Waals surface area contributed by atoms with Crippen molar-refractivity contribution in [2.75, 3.05) is 0 Å². The van der Waals surface area contributed by atoms with Gasteiger partial charge in [0.1, 0.15) is 5.52 Å². The number of rotatable bonds is 1. The molecule has 0 spiro atoms. The number of para-hydroxylation sites is 1. The number of nitrogens with zero attached hydrogens (tertiary/aromatic N) is 2. The van der Waals surface area contributed by atoms with Crippen LogP contribution in [-0.4, -0.2) is 20.6 Å². The van der Waals surface area contributed by atoms with Gasteiger partial charge in [-0.25, -0.2) is 9.78 Å². The Morgan fingerprint density at radius 2 is 2.29 bits per heavy atom. The number of carboxylic acid groups (broad SMARTS) is 1. The smallest absolute Gasteiger partial charge is 0.372 e. The van der Waals surface area contributed by atoms with E-state index in [1.807, 2.05) is 0 Å². The molecule has 2 rings (SSSR count). The molecule has 1 N–H and O–H groups in total. The maximum Gasteiger partial charge on any atom is 0.372 e. The highest BCUT2D eigenvalue weighted by molar-refractivity contribution is 6.35. The van der Waals surface area contributed by atoms with Gasteiger partial charge in [0.25, 0.3) is 0 Å². The zero-order valence-corrected chi connectivity index (χ0v) is 8.12. The van der Waals surface area contributed by atoms with Crippen molar-refractivity contribution in [3.8, 4) is 0 Å². The normalized spacial score (nSPS) is 10.7.